The van der Waals surface area contributed by atoms with E-state index in [9.17, 15) is 4.79 Å². The number of aromatic amines is 1. The molecule has 5 nitrogen and oxygen atoms in total. The lowest BCUT2D eigenvalue weighted by Gasteiger charge is -2.15. The minimum atomic E-state index is -0.330. The predicted octanol–water partition coefficient (Wildman–Crippen LogP) is 1.83. The van der Waals surface area contributed by atoms with Crippen LogP contribution >= 0.6 is 0 Å². The molecule has 0 radical (unpaired) electrons. The van der Waals surface area contributed by atoms with Gasteiger partial charge in [-0.1, -0.05) is 29.8 Å². The van der Waals surface area contributed by atoms with Crippen LogP contribution in [-0.2, 0) is 0 Å². The number of benzene rings is 1. The number of H-pyrrole nitrogens is 1. The van der Waals surface area contributed by atoms with E-state index in [1.165, 1.54) is 11.9 Å². The zero-order valence-corrected chi connectivity index (χ0v) is 10.4. The smallest absolute Gasteiger partial charge is 0.276 e. The van der Waals surface area contributed by atoms with Crippen LogP contribution in [0.3, 0.4) is 0 Å². The van der Waals surface area contributed by atoms with Gasteiger partial charge in [-0.15, -0.1) is 0 Å². The van der Waals surface area contributed by atoms with E-state index in [0.29, 0.717) is 5.82 Å². The summed E-state index contributed by atoms with van der Waals surface area (Å²) in [5.74, 6) is 0.409. The van der Waals surface area contributed by atoms with Gasteiger partial charge in [0.25, 0.3) is 5.56 Å². The molecule has 1 aromatic carbocycles. The Balaban J connectivity index is 2.21. The molecule has 94 valence electrons. The summed E-state index contributed by atoms with van der Waals surface area (Å²) in [6.07, 6.45) is 1.34. The van der Waals surface area contributed by atoms with E-state index in [0.717, 1.165) is 5.56 Å². The summed E-state index contributed by atoms with van der Waals surface area (Å²) in [5.41, 5.74) is 7.76. The molecule has 0 saturated carbocycles. The van der Waals surface area contributed by atoms with Crippen molar-refractivity contribution < 1.29 is 0 Å². The highest BCUT2D eigenvalue weighted by Crippen LogP contribution is 2.19. The van der Waals surface area contributed by atoms with Crippen LogP contribution in [0.2, 0.25) is 0 Å². The van der Waals surface area contributed by atoms with Crippen LogP contribution in [-0.4, -0.2) is 9.97 Å². The molecule has 2 rings (SSSR count). The van der Waals surface area contributed by atoms with Crippen LogP contribution in [0.25, 0.3) is 0 Å². The first-order valence-corrected chi connectivity index (χ1v) is 5.74. The number of aromatic nitrogens is 2. The number of hydrogen-bond acceptors (Lipinski definition) is 4. The Hall–Kier alpha value is -2.30. The van der Waals surface area contributed by atoms with Crippen LogP contribution in [0.4, 0.5) is 11.5 Å². The largest absolute Gasteiger partial charge is 0.391 e. The van der Waals surface area contributed by atoms with Crippen molar-refractivity contribution in [2.45, 2.75) is 19.9 Å². The van der Waals surface area contributed by atoms with Crippen molar-refractivity contribution in [3.8, 4) is 0 Å². The van der Waals surface area contributed by atoms with Gasteiger partial charge in [0, 0.05) is 0 Å². The summed E-state index contributed by atoms with van der Waals surface area (Å²) in [7, 11) is 0. The monoisotopic (exact) mass is 244 g/mol. The Morgan fingerprint density at radius 3 is 2.67 bits per heavy atom. The summed E-state index contributed by atoms with van der Waals surface area (Å²) >= 11 is 0. The summed E-state index contributed by atoms with van der Waals surface area (Å²) in [6, 6.07) is 8.19. The Morgan fingerprint density at radius 2 is 2.00 bits per heavy atom. The van der Waals surface area contributed by atoms with Gasteiger partial charge in [-0.05, 0) is 19.4 Å². The lowest BCUT2D eigenvalue weighted by Crippen LogP contribution is -2.17. The molecular weight excluding hydrogens is 228 g/mol. The first-order valence-electron chi connectivity index (χ1n) is 5.74. The van der Waals surface area contributed by atoms with Crippen molar-refractivity contribution in [3.05, 3.63) is 52.1 Å². The van der Waals surface area contributed by atoms with E-state index >= 15 is 0 Å². The molecule has 4 N–H and O–H groups in total. The molecular formula is C13H16N4O. The average molecular weight is 244 g/mol. The number of aryl methyl sites for hydroxylation is 1. The van der Waals surface area contributed by atoms with E-state index in [2.05, 4.69) is 15.3 Å². The van der Waals surface area contributed by atoms with Crippen LogP contribution in [0.5, 0.6) is 0 Å². The molecule has 1 atom stereocenters. The molecule has 5 heteroatoms. The molecule has 0 amide bonds. The van der Waals surface area contributed by atoms with Crippen molar-refractivity contribution >= 4 is 11.5 Å². The molecule has 0 aliphatic carbocycles. The fourth-order valence-corrected chi connectivity index (χ4v) is 1.67. The molecule has 18 heavy (non-hydrogen) atoms. The Bertz CT molecular complexity index is 589. The summed E-state index contributed by atoms with van der Waals surface area (Å²) in [4.78, 5) is 17.8. The fraction of sp³-hybridized carbons (Fsp3) is 0.231. The average Bonchev–Trinajstić information content (AvgIpc) is 2.36. The SMILES string of the molecule is Cc1ccc(C(C)Nc2nc[nH]c(=O)c2N)cc1. The maximum absolute atomic E-state index is 11.3. The predicted molar refractivity (Wildman–Crippen MR) is 72.5 cm³/mol. The van der Waals surface area contributed by atoms with E-state index in [1.54, 1.807) is 0 Å². The third-order valence-electron chi connectivity index (χ3n) is 2.82. The topological polar surface area (TPSA) is 83.8 Å². The highest BCUT2D eigenvalue weighted by molar-refractivity contribution is 5.59. The second-order valence-electron chi connectivity index (χ2n) is 4.27. The molecule has 1 heterocycles. The van der Waals surface area contributed by atoms with Gasteiger partial charge < -0.3 is 16.0 Å². The fourth-order valence-electron chi connectivity index (χ4n) is 1.67. The summed E-state index contributed by atoms with van der Waals surface area (Å²) in [6.45, 7) is 4.03. The maximum Gasteiger partial charge on any atom is 0.276 e. The van der Waals surface area contributed by atoms with E-state index < -0.39 is 0 Å². The number of nitrogens with zero attached hydrogens (tertiary/aromatic N) is 1. The van der Waals surface area contributed by atoms with Crippen LogP contribution in [0.1, 0.15) is 24.1 Å². The molecule has 0 aliphatic heterocycles. The van der Waals surface area contributed by atoms with Crippen molar-refractivity contribution in [1.29, 1.82) is 0 Å². The Labute approximate surface area is 105 Å². The molecule has 0 spiro atoms. The van der Waals surface area contributed by atoms with Gasteiger partial charge in [-0.3, -0.25) is 4.79 Å². The number of hydrogen-bond donors (Lipinski definition) is 3. The van der Waals surface area contributed by atoms with Gasteiger partial charge in [-0.25, -0.2) is 4.98 Å². The lowest BCUT2D eigenvalue weighted by molar-refractivity contribution is 0.871. The minimum absolute atomic E-state index is 0.0298. The van der Waals surface area contributed by atoms with Crippen molar-refractivity contribution in [2.24, 2.45) is 0 Å². The van der Waals surface area contributed by atoms with E-state index in [1.807, 2.05) is 38.1 Å². The van der Waals surface area contributed by atoms with Gasteiger partial charge in [-0.2, -0.15) is 0 Å². The van der Waals surface area contributed by atoms with Crippen LogP contribution in [0.15, 0.2) is 35.4 Å². The third-order valence-corrected chi connectivity index (χ3v) is 2.82. The molecule has 1 unspecified atom stereocenters. The molecule has 0 saturated heterocycles. The first-order chi connectivity index (χ1) is 8.58. The van der Waals surface area contributed by atoms with E-state index in [-0.39, 0.29) is 17.3 Å². The third kappa shape index (κ3) is 2.51. The Morgan fingerprint density at radius 1 is 1.33 bits per heavy atom. The number of nitrogens with two attached hydrogens (primary N) is 1. The van der Waals surface area contributed by atoms with Gasteiger partial charge in [0.1, 0.15) is 5.69 Å². The standard InChI is InChI=1S/C13H16N4O/c1-8-3-5-10(6-4-8)9(2)17-12-11(14)13(18)16-7-15-12/h3-7,9H,14H2,1-2H3,(H2,15,16,17,18). The van der Waals surface area contributed by atoms with Gasteiger partial charge >= 0.3 is 0 Å². The van der Waals surface area contributed by atoms with Crippen molar-refractivity contribution in [2.75, 3.05) is 11.1 Å². The first kappa shape index (κ1) is 12.2. The second kappa shape index (κ2) is 4.91. The maximum atomic E-state index is 11.3. The summed E-state index contributed by atoms with van der Waals surface area (Å²) in [5, 5.41) is 3.13. The van der Waals surface area contributed by atoms with Gasteiger partial charge in [0.05, 0.1) is 12.4 Å². The highest BCUT2D eigenvalue weighted by Gasteiger charge is 2.09. The zero-order chi connectivity index (χ0) is 13.1. The van der Waals surface area contributed by atoms with Crippen molar-refractivity contribution in [1.82, 2.24) is 9.97 Å². The van der Waals surface area contributed by atoms with Crippen LogP contribution in [0, 0.1) is 6.92 Å². The zero-order valence-electron chi connectivity index (χ0n) is 10.4. The van der Waals surface area contributed by atoms with E-state index in [4.69, 9.17) is 5.73 Å². The van der Waals surface area contributed by atoms with Gasteiger partial charge in [0.15, 0.2) is 5.82 Å². The normalized spacial score (nSPS) is 12.1. The van der Waals surface area contributed by atoms with Gasteiger partial charge in [0.2, 0.25) is 0 Å². The number of nitrogen functional groups attached to an aromatic ring is 1. The number of rotatable bonds is 3. The van der Waals surface area contributed by atoms with Crippen molar-refractivity contribution in [3.63, 3.8) is 0 Å². The minimum Gasteiger partial charge on any atom is -0.391 e. The lowest BCUT2D eigenvalue weighted by atomic mass is 10.1. The molecule has 0 aliphatic rings. The summed E-state index contributed by atoms with van der Waals surface area (Å²) < 4.78 is 0. The Kier molecular flexibility index (Phi) is 3.32. The van der Waals surface area contributed by atoms with Crippen LogP contribution < -0.4 is 16.6 Å². The molecule has 1 aromatic heterocycles. The molecule has 2 aromatic rings. The quantitative estimate of drug-likeness (QED) is 0.769. The molecule has 0 fully saturated rings. The highest BCUT2D eigenvalue weighted by atomic mass is 16.1. The molecule has 0 bridgehead atoms. The second-order valence-corrected chi connectivity index (χ2v) is 4.27. The number of anilines is 2. The number of nitrogens with one attached hydrogen (secondary N) is 2.